The van der Waals surface area contributed by atoms with Crippen LogP contribution < -0.4 is 0 Å². The van der Waals surface area contributed by atoms with Gasteiger partial charge in [0.2, 0.25) is 0 Å². The first kappa shape index (κ1) is 34.2. The summed E-state index contributed by atoms with van der Waals surface area (Å²) in [5.74, 6) is -37.5. The highest BCUT2D eigenvalue weighted by molar-refractivity contribution is 5.89. The summed E-state index contributed by atoms with van der Waals surface area (Å²) in [5, 5.41) is 84.8. The predicted octanol–water partition coefficient (Wildman–Crippen LogP) is -1.13. The van der Waals surface area contributed by atoms with Gasteiger partial charge in [-0.1, -0.05) is 6.92 Å². The lowest BCUT2D eigenvalue weighted by Crippen LogP contribution is -2.45. The molecule has 0 aromatic heterocycles. The first-order valence-electron chi connectivity index (χ1n) is 10.8. The van der Waals surface area contributed by atoms with Crippen molar-refractivity contribution in [3.8, 4) is 0 Å². The van der Waals surface area contributed by atoms with E-state index in [0.29, 0.717) is 0 Å². The van der Waals surface area contributed by atoms with E-state index in [2.05, 4.69) is 0 Å². The second kappa shape index (κ2) is 14.2. The molecule has 0 aromatic carbocycles. The summed E-state index contributed by atoms with van der Waals surface area (Å²) in [7, 11) is 0. The molecule has 9 N–H and O–H groups in total. The molecule has 18 heteroatoms. The van der Waals surface area contributed by atoms with E-state index in [1.165, 1.54) is 0 Å². The Hall–Kier alpha value is -4.77. The maximum absolute atomic E-state index is 12.1. The van der Waals surface area contributed by atoms with Crippen LogP contribution >= 0.6 is 0 Å². The van der Waals surface area contributed by atoms with Gasteiger partial charge < -0.3 is 46.0 Å². The Morgan fingerprint density at radius 2 is 0.718 bits per heavy atom. The average molecular weight is 566 g/mol. The first-order valence-corrected chi connectivity index (χ1v) is 10.8. The number of carboxylic acids is 9. The zero-order valence-electron chi connectivity index (χ0n) is 19.9. The minimum atomic E-state index is -2.70. The van der Waals surface area contributed by atoms with E-state index in [4.69, 9.17) is 10.2 Å². The predicted molar refractivity (Wildman–Crippen MR) is 116 cm³/mol. The van der Waals surface area contributed by atoms with Crippen LogP contribution in [0.4, 0.5) is 0 Å². The molecule has 0 amide bonds. The molecule has 0 saturated carbocycles. The van der Waals surface area contributed by atoms with Gasteiger partial charge in [-0.25, -0.2) is 0 Å². The highest BCUT2D eigenvalue weighted by atomic mass is 16.4. The molecule has 0 saturated heterocycles. The maximum atomic E-state index is 12.1. The summed E-state index contributed by atoms with van der Waals surface area (Å²) in [4.78, 5) is 105. The Morgan fingerprint density at radius 3 is 0.974 bits per heavy atom. The number of aliphatic carboxylic acids is 9. The molecule has 0 radical (unpaired) electrons. The number of carbonyl (C=O) groups is 9. The van der Waals surface area contributed by atoms with Crippen molar-refractivity contribution in [2.45, 2.75) is 26.2 Å². The molecule has 0 aliphatic rings. The van der Waals surface area contributed by atoms with E-state index >= 15 is 0 Å². The molecule has 8 atom stereocenters. The molecule has 0 fully saturated rings. The van der Waals surface area contributed by atoms with E-state index in [-0.39, 0.29) is 0 Å². The van der Waals surface area contributed by atoms with Gasteiger partial charge in [-0.05, 0) is 12.8 Å². The fraction of sp³-hybridized carbons (Fsp3) is 0.571. The van der Waals surface area contributed by atoms with Crippen molar-refractivity contribution in [1.82, 2.24) is 0 Å². The molecule has 0 aliphatic carbocycles. The standard InChI is InChI=1S/C21H26O18/c1-5(14(24)25)12(20(36)37)8(17(30)31)3-10(19(34)35)13(21(38)39)9(18(32)33)2-6(15(26)27)7(16(28)29)4-11(22)23/h5-10,12-13H,2-4H2,1H3,(H,22,23)(H,24,25)(H,26,27)(H,28,29)(H,30,31)(H,32,33)(H,34,35)(H,36,37)(H,38,39). The van der Waals surface area contributed by atoms with Crippen LogP contribution in [0.1, 0.15) is 26.2 Å². The zero-order valence-corrected chi connectivity index (χ0v) is 19.9. The molecule has 39 heavy (non-hydrogen) atoms. The highest BCUT2D eigenvalue weighted by Crippen LogP contribution is 2.37. The van der Waals surface area contributed by atoms with Crippen molar-refractivity contribution < 1.29 is 89.1 Å². The van der Waals surface area contributed by atoms with Crippen LogP contribution in [0.5, 0.6) is 0 Å². The van der Waals surface area contributed by atoms with Gasteiger partial charge in [-0.2, -0.15) is 0 Å². The molecule has 0 aromatic rings. The number of rotatable bonds is 19. The fourth-order valence-corrected chi connectivity index (χ4v) is 4.29. The van der Waals surface area contributed by atoms with Gasteiger partial charge in [-0.3, -0.25) is 43.2 Å². The molecule has 18 nitrogen and oxygen atoms in total. The van der Waals surface area contributed by atoms with Gasteiger partial charge in [-0.15, -0.1) is 0 Å². The Balaban J connectivity index is 6.86. The van der Waals surface area contributed by atoms with E-state index in [0.717, 1.165) is 6.92 Å². The third-order valence-electron chi connectivity index (χ3n) is 6.28. The quantitative estimate of drug-likeness (QED) is 0.0892. The van der Waals surface area contributed by atoms with Crippen LogP contribution in [0, 0.1) is 47.3 Å². The monoisotopic (exact) mass is 566 g/mol. The summed E-state index contributed by atoms with van der Waals surface area (Å²) >= 11 is 0. The van der Waals surface area contributed by atoms with Crippen LogP contribution in [0.2, 0.25) is 0 Å². The van der Waals surface area contributed by atoms with Crippen LogP contribution in [-0.4, -0.2) is 99.7 Å². The topological polar surface area (TPSA) is 336 Å². The minimum Gasteiger partial charge on any atom is -0.481 e. The minimum absolute atomic E-state index is 0.785. The Labute approximate surface area is 217 Å². The third-order valence-corrected chi connectivity index (χ3v) is 6.28. The Bertz CT molecular complexity index is 1030. The van der Waals surface area contributed by atoms with Crippen molar-refractivity contribution in [2.75, 3.05) is 0 Å². The van der Waals surface area contributed by atoms with Crippen molar-refractivity contribution >= 4 is 53.7 Å². The lowest BCUT2D eigenvalue weighted by atomic mass is 9.69. The number of hydrogen-bond acceptors (Lipinski definition) is 9. The summed E-state index contributed by atoms with van der Waals surface area (Å²) < 4.78 is 0. The van der Waals surface area contributed by atoms with Gasteiger partial charge >= 0.3 is 53.7 Å². The summed E-state index contributed by atoms with van der Waals surface area (Å²) in [6.07, 6.45) is -4.20. The molecule has 8 unspecified atom stereocenters. The molecular weight excluding hydrogens is 540 g/mol. The normalized spacial score (nSPS) is 17.2. The largest absolute Gasteiger partial charge is 0.481 e. The van der Waals surface area contributed by atoms with Gasteiger partial charge in [0.25, 0.3) is 0 Å². The second-order valence-corrected chi connectivity index (χ2v) is 8.65. The summed E-state index contributed by atoms with van der Waals surface area (Å²) in [6, 6.07) is 0. The van der Waals surface area contributed by atoms with Crippen molar-refractivity contribution in [3.63, 3.8) is 0 Å². The molecule has 0 bridgehead atoms. The number of hydrogen-bond donors (Lipinski definition) is 9. The van der Waals surface area contributed by atoms with E-state index < -0.39 is 120 Å². The smallest absolute Gasteiger partial charge is 0.308 e. The fourth-order valence-electron chi connectivity index (χ4n) is 4.29. The molecule has 0 aliphatic heterocycles. The summed E-state index contributed by atoms with van der Waals surface area (Å²) in [6.45, 7) is 0.785. The van der Waals surface area contributed by atoms with Crippen molar-refractivity contribution in [1.29, 1.82) is 0 Å². The third kappa shape index (κ3) is 9.24. The van der Waals surface area contributed by atoms with Crippen molar-refractivity contribution in [2.24, 2.45) is 47.3 Å². The Kier molecular flexibility index (Phi) is 12.5. The van der Waals surface area contributed by atoms with E-state index in [1.54, 1.807) is 0 Å². The number of carboxylic acid groups (broad SMARTS) is 9. The first-order chi connectivity index (χ1) is 17.8. The molecule has 0 spiro atoms. The van der Waals surface area contributed by atoms with E-state index in [1.807, 2.05) is 0 Å². The van der Waals surface area contributed by atoms with Crippen molar-refractivity contribution in [3.05, 3.63) is 0 Å². The molecular formula is C21H26O18. The van der Waals surface area contributed by atoms with Crippen LogP contribution in [0.15, 0.2) is 0 Å². The SMILES string of the molecule is CC(C(=O)O)C(C(=O)O)C(CC(C(=O)O)C(C(=O)O)C(CC(C(=O)O)C(CC(=O)O)C(=O)O)C(=O)O)C(=O)O. The highest BCUT2D eigenvalue weighted by Gasteiger charge is 2.50. The second-order valence-electron chi connectivity index (χ2n) is 8.65. The van der Waals surface area contributed by atoms with Crippen LogP contribution in [0.25, 0.3) is 0 Å². The maximum Gasteiger partial charge on any atom is 0.308 e. The van der Waals surface area contributed by atoms with E-state index in [9.17, 15) is 78.9 Å². The summed E-state index contributed by atoms with van der Waals surface area (Å²) in [5.41, 5.74) is 0. The molecule has 0 heterocycles. The molecule has 218 valence electrons. The van der Waals surface area contributed by atoms with Gasteiger partial charge in [0.05, 0.1) is 53.8 Å². The Morgan fingerprint density at radius 1 is 0.410 bits per heavy atom. The molecule has 0 rings (SSSR count). The van der Waals surface area contributed by atoms with Gasteiger partial charge in [0.15, 0.2) is 0 Å². The lowest BCUT2D eigenvalue weighted by molar-refractivity contribution is -0.169. The zero-order chi connectivity index (χ0) is 30.9. The average Bonchev–Trinajstić information content (AvgIpc) is 2.76. The van der Waals surface area contributed by atoms with Gasteiger partial charge in [0, 0.05) is 0 Å². The van der Waals surface area contributed by atoms with Crippen LogP contribution in [0.3, 0.4) is 0 Å². The van der Waals surface area contributed by atoms with Gasteiger partial charge in [0.1, 0.15) is 0 Å². The van der Waals surface area contributed by atoms with Crippen LogP contribution in [-0.2, 0) is 43.2 Å². The lowest BCUT2D eigenvalue weighted by Gasteiger charge is -2.31.